The zero-order valence-corrected chi connectivity index (χ0v) is 26.5. The van der Waals surface area contributed by atoms with Crippen LogP contribution in [0.1, 0.15) is 45.1 Å². The molecule has 2 amide bonds. The molecule has 4 aromatic carbocycles. The maximum atomic E-state index is 14.2. The van der Waals surface area contributed by atoms with Gasteiger partial charge in [0.15, 0.2) is 0 Å². The van der Waals surface area contributed by atoms with Gasteiger partial charge in [0.05, 0.1) is 58.9 Å². The summed E-state index contributed by atoms with van der Waals surface area (Å²) in [4.78, 5) is 59.7. The van der Waals surface area contributed by atoms with Crippen LogP contribution in [0.25, 0.3) is 10.9 Å². The second-order valence-electron chi connectivity index (χ2n) is 10.2. The smallest absolute Gasteiger partial charge is 0.337 e. The van der Waals surface area contributed by atoms with E-state index >= 15 is 0 Å². The second kappa shape index (κ2) is 13.8. The summed E-state index contributed by atoms with van der Waals surface area (Å²) in [5.41, 5.74) is 1.40. The summed E-state index contributed by atoms with van der Waals surface area (Å²) in [5, 5.41) is 3.72. The molecule has 0 aliphatic heterocycles. The lowest BCUT2D eigenvalue weighted by atomic mass is 10.1. The number of esters is 2. The fraction of sp³-hybridized carbons (Fsp3) is 0.147. The SMILES string of the molecule is COC(=O)c1cc(C(=O)OC)cc(N(C(=O)Nc2ccc(Cl)c(Cl)c2)C(C)c2nc3ccccc3c(=O)n2Cc2ccccc2)c1. The molecule has 1 N–H and O–H groups in total. The standard InChI is InChI=1S/C34H28Cl2N4O6/c1-20(30-38-29-12-8-7-11-26(29)31(41)39(30)19-21-9-5-4-6-10-21)40(34(44)37-24-13-14-27(35)28(36)18-24)25-16-22(32(42)45-2)15-23(17-25)33(43)46-3/h4-18,20H,19H2,1-3H3,(H,37,44). The van der Waals surface area contributed by atoms with Crippen LogP contribution in [0.3, 0.4) is 0 Å². The van der Waals surface area contributed by atoms with Gasteiger partial charge in [-0.1, -0.05) is 65.7 Å². The lowest BCUT2D eigenvalue weighted by molar-refractivity contribution is 0.0599. The topological polar surface area (TPSA) is 120 Å². The van der Waals surface area contributed by atoms with Gasteiger partial charge in [-0.25, -0.2) is 19.4 Å². The number of nitrogens with zero attached hydrogens (tertiary/aromatic N) is 3. The minimum atomic E-state index is -0.942. The largest absolute Gasteiger partial charge is 0.465 e. The molecule has 0 aliphatic carbocycles. The molecule has 46 heavy (non-hydrogen) atoms. The highest BCUT2D eigenvalue weighted by Crippen LogP contribution is 2.32. The first kappa shape index (κ1) is 32.2. The maximum Gasteiger partial charge on any atom is 0.337 e. The Hall–Kier alpha value is -5.19. The van der Waals surface area contributed by atoms with Crippen molar-refractivity contribution in [3.8, 4) is 0 Å². The highest BCUT2D eigenvalue weighted by Gasteiger charge is 2.30. The molecule has 0 saturated carbocycles. The minimum Gasteiger partial charge on any atom is -0.465 e. The molecule has 5 rings (SSSR count). The van der Waals surface area contributed by atoms with Crippen molar-refractivity contribution >= 4 is 63.4 Å². The number of rotatable bonds is 8. The fourth-order valence-electron chi connectivity index (χ4n) is 5.03. The van der Waals surface area contributed by atoms with Crippen molar-refractivity contribution in [3.05, 3.63) is 134 Å². The number of hydrogen-bond donors (Lipinski definition) is 1. The van der Waals surface area contributed by atoms with Gasteiger partial charge < -0.3 is 14.8 Å². The Morgan fingerprint density at radius 2 is 1.48 bits per heavy atom. The summed E-state index contributed by atoms with van der Waals surface area (Å²) in [7, 11) is 2.40. The Morgan fingerprint density at radius 1 is 0.848 bits per heavy atom. The summed E-state index contributed by atoms with van der Waals surface area (Å²) < 4.78 is 11.3. The van der Waals surface area contributed by atoms with Gasteiger partial charge in [-0.2, -0.15) is 0 Å². The quantitative estimate of drug-likeness (QED) is 0.176. The zero-order chi connectivity index (χ0) is 33.0. The number of hydrogen-bond acceptors (Lipinski definition) is 7. The third kappa shape index (κ3) is 6.73. The van der Waals surface area contributed by atoms with Gasteiger partial charge in [-0.15, -0.1) is 0 Å². The Labute approximate surface area is 274 Å². The van der Waals surface area contributed by atoms with Gasteiger partial charge in [-0.05, 0) is 61.0 Å². The first-order valence-corrected chi connectivity index (χ1v) is 14.8. The van der Waals surface area contributed by atoms with Crippen LogP contribution in [0.15, 0.2) is 95.8 Å². The average molecular weight is 660 g/mol. The second-order valence-corrected chi connectivity index (χ2v) is 11.0. The molecule has 10 nitrogen and oxygen atoms in total. The van der Waals surface area contributed by atoms with Crippen LogP contribution in [0.2, 0.25) is 10.0 Å². The van der Waals surface area contributed by atoms with Gasteiger partial charge in [0, 0.05) is 11.4 Å². The number of ether oxygens (including phenoxy) is 2. The predicted octanol–water partition coefficient (Wildman–Crippen LogP) is 7.12. The van der Waals surface area contributed by atoms with Gasteiger partial charge >= 0.3 is 18.0 Å². The first-order chi connectivity index (χ1) is 22.1. The van der Waals surface area contributed by atoms with Crippen molar-refractivity contribution in [2.75, 3.05) is 24.4 Å². The summed E-state index contributed by atoms with van der Waals surface area (Å²) in [5.74, 6) is -1.23. The van der Waals surface area contributed by atoms with E-state index in [1.54, 1.807) is 37.3 Å². The van der Waals surface area contributed by atoms with Crippen LogP contribution in [-0.2, 0) is 16.0 Å². The van der Waals surface area contributed by atoms with Crippen LogP contribution in [0.5, 0.6) is 0 Å². The van der Waals surface area contributed by atoms with Gasteiger partial charge in [0.25, 0.3) is 5.56 Å². The number of carbonyl (C=O) groups is 3. The molecule has 5 aromatic rings. The molecule has 1 heterocycles. The highest BCUT2D eigenvalue weighted by molar-refractivity contribution is 6.42. The van der Waals surface area contributed by atoms with E-state index in [0.29, 0.717) is 21.6 Å². The molecule has 234 valence electrons. The van der Waals surface area contributed by atoms with Crippen LogP contribution < -0.4 is 15.8 Å². The number of methoxy groups -OCH3 is 2. The Morgan fingerprint density at radius 3 is 2.11 bits per heavy atom. The van der Waals surface area contributed by atoms with E-state index in [4.69, 9.17) is 37.7 Å². The highest BCUT2D eigenvalue weighted by atomic mass is 35.5. The van der Waals surface area contributed by atoms with Crippen molar-refractivity contribution in [2.45, 2.75) is 19.5 Å². The van der Waals surface area contributed by atoms with Crippen molar-refractivity contribution in [3.63, 3.8) is 0 Å². The third-order valence-electron chi connectivity index (χ3n) is 7.26. The van der Waals surface area contributed by atoms with E-state index in [0.717, 1.165) is 5.56 Å². The summed E-state index contributed by atoms with van der Waals surface area (Å²) in [6.45, 7) is 1.85. The average Bonchev–Trinajstić information content (AvgIpc) is 3.07. The number of halogens is 2. The Bertz CT molecular complexity index is 1980. The van der Waals surface area contributed by atoms with Crippen molar-refractivity contribution in [1.29, 1.82) is 0 Å². The van der Waals surface area contributed by atoms with Crippen LogP contribution >= 0.6 is 23.2 Å². The molecule has 0 bridgehead atoms. The number of amides is 2. The molecule has 0 aliphatic rings. The number of anilines is 2. The number of urea groups is 1. The zero-order valence-electron chi connectivity index (χ0n) is 25.0. The number of nitrogens with one attached hydrogen (secondary N) is 1. The van der Waals surface area contributed by atoms with Crippen molar-refractivity contribution in [2.24, 2.45) is 0 Å². The molecule has 1 aromatic heterocycles. The van der Waals surface area contributed by atoms with E-state index < -0.39 is 24.0 Å². The maximum absolute atomic E-state index is 14.2. The summed E-state index contributed by atoms with van der Waals surface area (Å²) in [6.07, 6.45) is 0. The molecule has 12 heteroatoms. The number of carbonyl (C=O) groups excluding carboxylic acids is 3. The Balaban J connectivity index is 1.73. The van der Waals surface area contributed by atoms with Crippen LogP contribution in [0.4, 0.5) is 16.2 Å². The summed E-state index contributed by atoms with van der Waals surface area (Å²) >= 11 is 12.3. The van der Waals surface area contributed by atoms with Gasteiger partial charge in [0.2, 0.25) is 0 Å². The van der Waals surface area contributed by atoms with E-state index in [1.807, 2.05) is 30.3 Å². The fourth-order valence-corrected chi connectivity index (χ4v) is 5.33. The van der Waals surface area contributed by atoms with Crippen LogP contribution in [0, 0.1) is 0 Å². The van der Waals surface area contributed by atoms with E-state index in [-0.39, 0.29) is 39.8 Å². The molecule has 0 fully saturated rings. The molecule has 0 radical (unpaired) electrons. The molecular weight excluding hydrogens is 631 g/mol. The minimum absolute atomic E-state index is 0.00640. The van der Waals surface area contributed by atoms with Crippen LogP contribution in [-0.4, -0.2) is 41.7 Å². The molecule has 0 spiro atoms. The lowest BCUT2D eigenvalue weighted by Gasteiger charge is -2.31. The van der Waals surface area contributed by atoms with Gasteiger partial charge in [0.1, 0.15) is 5.82 Å². The van der Waals surface area contributed by atoms with Crippen molar-refractivity contribution in [1.82, 2.24) is 9.55 Å². The third-order valence-corrected chi connectivity index (χ3v) is 8.00. The monoisotopic (exact) mass is 658 g/mol. The van der Waals surface area contributed by atoms with Crippen molar-refractivity contribution < 1.29 is 23.9 Å². The number of fused-ring (bicyclic) bond motifs is 1. The van der Waals surface area contributed by atoms with E-state index in [2.05, 4.69) is 5.32 Å². The first-order valence-electron chi connectivity index (χ1n) is 14.0. The predicted molar refractivity (Wildman–Crippen MR) is 177 cm³/mol. The lowest BCUT2D eigenvalue weighted by Crippen LogP contribution is -2.40. The molecule has 1 unspecified atom stereocenters. The van der Waals surface area contributed by atoms with Gasteiger partial charge in [-0.3, -0.25) is 14.3 Å². The Kier molecular flexibility index (Phi) is 9.69. The van der Waals surface area contributed by atoms with E-state index in [9.17, 15) is 19.2 Å². The molecule has 0 saturated heterocycles. The number of para-hydroxylation sites is 1. The number of benzene rings is 4. The van der Waals surface area contributed by atoms with E-state index in [1.165, 1.54) is 54.0 Å². The number of aromatic nitrogens is 2. The normalized spacial score (nSPS) is 11.5. The molecule has 1 atom stereocenters. The molecular formula is C34H28Cl2N4O6. The summed E-state index contributed by atoms with van der Waals surface area (Å²) in [6, 6.07) is 23.4.